The molecule has 0 radical (unpaired) electrons. The normalized spacial score (nSPS) is 11.7. The molecule has 0 bridgehead atoms. The van der Waals surface area contributed by atoms with Gasteiger partial charge in [0.25, 0.3) is 10.0 Å². The number of rotatable bonds is 6. The van der Waals surface area contributed by atoms with Crippen LogP contribution in [0.3, 0.4) is 0 Å². The van der Waals surface area contributed by atoms with Gasteiger partial charge in [0.15, 0.2) is 0 Å². The Bertz CT molecular complexity index is 1280. The summed E-state index contributed by atoms with van der Waals surface area (Å²) >= 11 is 0. The fourth-order valence-corrected chi connectivity index (χ4v) is 4.33. The number of hydrogen-bond donors (Lipinski definition) is 3. The SMILES string of the molecule is Cc1ccc(NS(=O)(=O)c2ccc(CCNC(=O)OC(C)(C)C)cc2)c2[nH]cc(C#N)c12. The molecule has 3 rings (SSSR count). The van der Waals surface area contributed by atoms with Crippen molar-refractivity contribution < 1.29 is 17.9 Å². The summed E-state index contributed by atoms with van der Waals surface area (Å²) < 4.78 is 33.6. The van der Waals surface area contributed by atoms with Gasteiger partial charge in [-0.25, -0.2) is 13.2 Å². The van der Waals surface area contributed by atoms with Crippen LogP contribution in [-0.2, 0) is 21.2 Å². The molecule has 3 N–H and O–H groups in total. The lowest BCUT2D eigenvalue weighted by molar-refractivity contribution is 0.0528. The first-order valence-electron chi connectivity index (χ1n) is 10.1. The number of amides is 1. The Hall–Kier alpha value is -3.51. The standard InChI is InChI=1S/C23H26N4O4S/c1-15-5-10-19(21-20(15)17(13-24)14-26-21)27-32(29,30)18-8-6-16(7-9-18)11-12-25-22(28)31-23(2,3)4/h5-10,14,26-27H,11-12H2,1-4H3,(H,25,28). The van der Waals surface area contributed by atoms with E-state index in [0.29, 0.717) is 35.1 Å². The molecule has 8 nitrogen and oxygen atoms in total. The quantitative estimate of drug-likeness (QED) is 0.514. The Morgan fingerprint density at radius 2 is 1.84 bits per heavy atom. The van der Waals surface area contributed by atoms with Gasteiger partial charge in [-0.05, 0) is 63.4 Å². The summed E-state index contributed by atoms with van der Waals surface area (Å²) in [5.74, 6) is 0. The molecule has 32 heavy (non-hydrogen) atoms. The maximum absolute atomic E-state index is 12.9. The van der Waals surface area contributed by atoms with Gasteiger partial charge in [-0.1, -0.05) is 18.2 Å². The van der Waals surface area contributed by atoms with Gasteiger partial charge in [-0.2, -0.15) is 5.26 Å². The Morgan fingerprint density at radius 3 is 2.47 bits per heavy atom. The van der Waals surface area contributed by atoms with Gasteiger partial charge in [-0.3, -0.25) is 4.72 Å². The third kappa shape index (κ3) is 5.39. The van der Waals surface area contributed by atoms with E-state index in [1.807, 2.05) is 6.92 Å². The molecule has 0 saturated carbocycles. The molecule has 1 heterocycles. The number of ether oxygens (including phenoxy) is 1. The molecular weight excluding hydrogens is 428 g/mol. The number of aromatic nitrogens is 1. The van der Waals surface area contributed by atoms with Crippen molar-refractivity contribution in [1.82, 2.24) is 10.3 Å². The van der Waals surface area contributed by atoms with Crippen LogP contribution in [0.5, 0.6) is 0 Å². The lowest BCUT2D eigenvalue weighted by Gasteiger charge is -2.19. The Kier molecular flexibility index (Phi) is 6.46. The van der Waals surface area contributed by atoms with E-state index in [4.69, 9.17) is 4.74 Å². The molecule has 0 aliphatic heterocycles. The minimum absolute atomic E-state index is 0.113. The minimum atomic E-state index is -3.83. The van der Waals surface area contributed by atoms with Crippen LogP contribution in [0.2, 0.25) is 0 Å². The van der Waals surface area contributed by atoms with Crippen LogP contribution in [0.1, 0.15) is 37.5 Å². The highest BCUT2D eigenvalue weighted by molar-refractivity contribution is 7.92. The second kappa shape index (κ2) is 8.93. The maximum atomic E-state index is 12.9. The van der Waals surface area contributed by atoms with Crippen LogP contribution < -0.4 is 10.0 Å². The molecule has 3 aromatic rings. The number of H-pyrrole nitrogens is 1. The van der Waals surface area contributed by atoms with Crippen molar-refractivity contribution in [2.24, 2.45) is 0 Å². The number of carbonyl (C=O) groups is 1. The third-order valence-corrected chi connectivity index (χ3v) is 6.11. The zero-order chi connectivity index (χ0) is 23.5. The summed E-state index contributed by atoms with van der Waals surface area (Å²) in [6.45, 7) is 7.61. The number of sulfonamides is 1. The zero-order valence-electron chi connectivity index (χ0n) is 18.4. The van der Waals surface area contributed by atoms with Crippen molar-refractivity contribution in [3.63, 3.8) is 0 Å². The smallest absolute Gasteiger partial charge is 0.407 e. The van der Waals surface area contributed by atoms with Crippen molar-refractivity contribution in [3.05, 3.63) is 59.3 Å². The molecule has 168 valence electrons. The maximum Gasteiger partial charge on any atom is 0.407 e. The van der Waals surface area contributed by atoms with Gasteiger partial charge < -0.3 is 15.0 Å². The Morgan fingerprint density at radius 1 is 1.16 bits per heavy atom. The molecule has 9 heteroatoms. The molecule has 0 aliphatic rings. The van der Waals surface area contributed by atoms with Gasteiger partial charge in [0.1, 0.15) is 11.7 Å². The Labute approximate surface area is 187 Å². The van der Waals surface area contributed by atoms with Crippen molar-refractivity contribution in [2.75, 3.05) is 11.3 Å². The summed E-state index contributed by atoms with van der Waals surface area (Å²) in [7, 11) is -3.83. The molecular formula is C23H26N4O4S. The summed E-state index contributed by atoms with van der Waals surface area (Å²) in [6.07, 6.45) is 1.61. The van der Waals surface area contributed by atoms with Crippen LogP contribution in [0.25, 0.3) is 10.9 Å². The summed E-state index contributed by atoms with van der Waals surface area (Å²) in [6, 6.07) is 12.0. The van der Waals surface area contributed by atoms with E-state index in [9.17, 15) is 18.5 Å². The fraction of sp³-hybridized carbons (Fsp3) is 0.304. The zero-order valence-corrected chi connectivity index (χ0v) is 19.3. The summed E-state index contributed by atoms with van der Waals surface area (Å²) in [5.41, 5.74) is 2.59. The number of aryl methyl sites for hydroxylation is 1. The van der Waals surface area contributed by atoms with Crippen LogP contribution >= 0.6 is 0 Å². The highest BCUT2D eigenvalue weighted by Gasteiger charge is 2.18. The average Bonchev–Trinajstić information content (AvgIpc) is 3.14. The van der Waals surface area contributed by atoms with Crippen molar-refractivity contribution in [2.45, 2.75) is 44.6 Å². The Balaban J connectivity index is 1.69. The van der Waals surface area contributed by atoms with Gasteiger partial charge in [0.05, 0.1) is 21.7 Å². The summed E-state index contributed by atoms with van der Waals surface area (Å²) in [5, 5.41) is 12.6. The molecule has 0 spiro atoms. The molecule has 1 amide bonds. The lowest BCUT2D eigenvalue weighted by Crippen LogP contribution is -2.33. The van der Waals surface area contributed by atoms with Gasteiger partial charge >= 0.3 is 6.09 Å². The second-order valence-corrected chi connectivity index (χ2v) is 10.1. The first-order valence-corrected chi connectivity index (χ1v) is 11.6. The number of nitrogens with zero attached hydrogens (tertiary/aromatic N) is 1. The number of anilines is 1. The topological polar surface area (TPSA) is 124 Å². The van der Waals surface area contributed by atoms with E-state index in [2.05, 4.69) is 21.1 Å². The molecule has 0 unspecified atom stereocenters. The van der Waals surface area contributed by atoms with E-state index in [0.717, 1.165) is 11.1 Å². The van der Waals surface area contributed by atoms with Crippen molar-refractivity contribution in [1.29, 1.82) is 5.26 Å². The predicted molar refractivity (Wildman–Crippen MR) is 123 cm³/mol. The number of hydrogen-bond acceptors (Lipinski definition) is 5. The average molecular weight is 455 g/mol. The number of benzene rings is 2. The van der Waals surface area contributed by atoms with E-state index >= 15 is 0 Å². The van der Waals surface area contributed by atoms with Crippen molar-refractivity contribution in [3.8, 4) is 6.07 Å². The number of nitrogens with one attached hydrogen (secondary N) is 3. The number of alkyl carbamates (subject to hydrolysis) is 1. The second-order valence-electron chi connectivity index (χ2n) is 8.42. The van der Waals surface area contributed by atoms with E-state index in [1.165, 1.54) is 12.1 Å². The largest absolute Gasteiger partial charge is 0.444 e. The van der Waals surface area contributed by atoms with Crippen LogP contribution in [0, 0.1) is 18.3 Å². The first-order chi connectivity index (χ1) is 15.0. The molecule has 2 aromatic carbocycles. The first kappa shape index (κ1) is 23.2. The fourth-order valence-electron chi connectivity index (χ4n) is 3.26. The molecule has 0 aliphatic carbocycles. The van der Waals surface area contributed by atoms with Gasteiger partial charge in [-0.15, -0.1) is 0 Å². The number of carbonyl (C=O) groups excluding carboxylic acids is 1. The number of nitriles is 1. The molecule has 0 fully saturated rings. The molecule has 0 atom stereocenters. The van der Waals surface area contributed by atoms with Gasteiger partial charge in [0, 0.05) is 18.1 Å². The van der Waals surface area contributed by atoms with E-state index < -0.39 is 21.7 Å². The number of aromatic amines is 1. The highest BCUT2D eigenvalue weighted by atomic mass is 32.2. The van der Waals surface area contributed by atoms with Gasteiger partial charge in [0.2, 0.25) is 0 Å². The van der Waals surface area contributed by atoms with E-state index in [1.54, 1.807) is 51.2 Å². The highest BCUT2D eigenvalue weighted by Crippen LogP contribution is 2.30. The molecule has 0 saturated heterocycles. The number of fused-ring (bicyclic) bond motifs is 1. The minimum Gasteiger partial charge on any atom is -0.444 e. The van der Waals surface area contributed by atoms with E-state index in [-0.39, 0.29) is 4.90 Å². The predicted octanol–water partition coefficient (Wildman–Crippen LogP) is 4.22. The third-order valence-electron chi connectivity index (χ3n) is 4.72. The summed E-state index contributed by atoms with van der Waals surface area (Å²) in [4.78, 5) is 14.8. The van der Waals surface area contributed by atoms with Crippen molar-refractivity contribution >= 4 is 32.7 Å². The monoisotopic (exact) mass is 454 g/mol. The van der Waals surface area contributed by atoms with Crippen LogP contribution in [0.15, 0.2) is 47.5 Å². The molecule has 1 aromatic heterocycles. The van der Waals surface area contributed by atoms with Crippen LogP contribution in [0.4, 0.5) is 10.5 Å². The van der Waals surface area contributed by atoms with Crippen LogP contribution in [-0.4, -0.2) is 31.6 Å². The lowest BCUT2D eigenvalue weighted by atomic mass is 10.1.